The summed E-state index contributed by atoms with van der Waals surface area (Å²) in [4.78, 5) is 28.9. The minimum absolute atomic E-state index is 0.00519. The van der Waals surface area contributed by atoms with Crippen molar-refractivity contribution in [3.05, 3.63) is 131 Å². The van der Waals surface area contributed by atoms with Gasteiger partial charge in [0.15, 0.2) is 0 Å². The zero-order valence-corrected chi connectivity index (χ0v) is 24.8. The number of carbonyl (C=O) groups excluding carboxylic acids is 2. The van der Waals surface area contributed by atoms with E-state index in [-0.39, 0.29) is 23.5 Å². The van der Waals surface area contributed by atoms with Crippen molar-refractivity contribution >= 4 is 39.1 Å². The summed E-state index contributed by atoms with van der Waals surface area (Å²) >= 11 is 6.37. The number of carbonyl (C=O) groups is 2. The largest absolute Gasteiger partial charge is 0.357 e. The molecule has 0 saturated carbocycles. The van der Waals surface area contributed by atoms with E-state index < -0.39 is 40.2 Å². The van der Waals surface area contributed by atoms with Gasteiger partial charge in [0.2, 0.25) is 11.8 Å². The van der Waals surface area contributed by atoms with Gasteiger partial charge >= 0.3 is 0 Å². The Hall–Kier alpha value is -4.21. The van der Waals surface area contributed by atoms with Crippen LogP contribution >= 0.6 is 11.6 Å². The SMILES string of the molecule is CNC(=O)C(Cc1ccccc1)N(Cc1ccc(F)cc1)C(=O)CN(c1cccc(Cl)c1C)S(=O)(=O)c1ccccc1. The first kappa shape index (κ1) is 30.7. The molecule has 0 bridgehead atoms. The van der Waals surface area contributed by atoms with Gasteiger partial charge in [-0.2, -0.15) is 0 Å². The number of halogens is 2. The van der Waals surface area contributed by atoms with Gasteiger partial charge in [0.1, 0.15) is 18.4 Å². The Morgan fingerprint density at radius 1 is 0.857 bits per heavy atom. The number of hydrogen-bond acceptors (Lipinski definition) is 4. The highest BCUT2D eigenvalue weighted by atomic mass is 35.5. The number of nitrogens with zero attached hydrogens (tertiary/aromatic N) is 2. The van der Waals surface area contributed by atoms with Crippen LogP contribution < -0.4 is 9.62 Å². The number of amides is 2. The van der Waals surface area contributed by atoms with Gasteiger partial charge < -0.3 is 10.2 Å². The molecule has 1 atom stereocenters. The van der Waals surface area contributed by atoms with Crippen LogP contribution in [0.2, 0.25) is 5.02 Å². The van der Waals surface area contributed by atoms with Crippen molar-refractivity contribution < 1.29 is 22.4 Å². The molecule has 1 unspecified atom stereocenters. The smallest absolute Gasteiger partial charge is 0.264 e. The molecule has 0 saturated heterocycles. The number of likely N-dealkylation sites (N-methyl/N-ethyl adjacent to an activating group) is 1. The van der Waals surface area contributed by atoms with E-state index in [0.717, 1.165) is 9.87 Å². The molecule has 0 aromatic heterocycles. The fraction of sp³-hybridized carbons (Fsp3) is 0.188. The average Bonchev–Trinajstić information content (AvgIpc) is 3.00. The maximum atomic E-state index is 14.3. The summed E-state index contributed by atoms with van der Waals surface area (Å²) in [7, 11) is -2.76. The van der Waals surface area contributed by atoms with Crippen LogP contribution in [-0.4, -0.2) is 44.8 Å². The molecular weight excluding hydrogens is 577 g/mol. The van der Waals surface area contributed by atoms with E-state index in [0.29, 0.717) is 16.1 Å². The number of nitrogens with one attached hydrogen (secondary N) is 1. The molecule has 10 heteroatoms. The van der Waals surface area contributed by atoms with Crippen LogP contribution in [-0.2, 0) is 32.6 Å². The van der Waals surface area contributed by atoms with E-state index in [4.69, 9.17) is 11.6 Å². The third-order valence-corrected chi connectivity index (χ3v) is 9.08. The van der Waals surface area contributed by atoms with E-state index in [9.17, 15) is 22.4 Å². The fourth-order valence-electron chi connectivity index (χ4n) is 4.61. The molecular formula is C32H31ClFN3O4S. The van der Waals surface area contributed by atoms with Crippen LogP contribution in [0.1, 0.15) is 16.7 Å². The second-order valence-corrected chi connectivity index (χ2v) is 11.9. The first-order valence-electron chi connectivity index (χ1n) is 13.2. The number of benzene rings is 4. The molecule has 0 spiro atoms. The van der Waals surface area contributed by atoms with E-state index in [2.05, 4.69) is 5.32 Å². The summed E-state index contributed by atoms with van der Waals surface area (Å²) in [6.07, 6.45) is 0.176. The number of anilines is 1. The third kappa shape index (κ3) is 7.16. The molecule has 0 aliphatic carbocycles. The molecule has 4 aromatic carbocycles. The predicted molar refractivity (Wildman–Crippen MR) is 162 cm³/mol. The summed E-state index contributed by atoms with van der Waals surface area (Å²) in [5, 5.41) is 2.97. The highest BCUT2D eigenvalue weighted by Crippen LogP contribution is 2.31. The second kappa shape index (κ2) is 13.6. The maximum absolute atomic E-state index is 14.3. The Morgan fingerprint density at radius 3 is 2.10 bits per heavy atom. The monoisotopic (exact) mass is 607 g/mol. The number of hydrogen-bond donors (Lipinski definition) is 1. The molecule has 0 radical (unpaired) electrons. The van der Waals surface area contributed by atoms with Gasteiger partial charge in [0.25, 0.3) is 10.0 Å². The van der Waals surface area contributed by atoms with Gasteiger partial charge in [-0.05, 0) is 60.0 Å². The third-order valence-electron chi connectivity index (χ3n) is 6.90. The Bertz CT molecular complexity index is 1640. The van der Waals surface area contributed by atoms with Gasteiger partial charge in [-0.15, -0.1) is 0 Å². The van der Waals surface area contributed by atoms with E-state index in [1.54, 1.807) is 43.3 Å². The van der Waals surface area contributed by atoms with Crippen molar-refractivity contribution in [2.75, 3.05) is 17.9 Å². The predicted octanol–water partition coefficient (Wildman–Crippen LogP) is 5.37. The zero-order valence-electron chi connectivity index (χ0n) is 23.2. The van der Waals surface area contributed by atoms with Gasteiger partial charge in [0.05, 0.1) is 10.6 Å². The molecule has 2 amide bonds. The standard InChI is InChI=1S/C32H31ClFN3O4S/c1-23-28(33)14-9-15-29(23)37(42(40,41)27-12-7-4-8-13-27)22-31(38)36(21-25-16-18-26(34)19-17-25)30(32(39)35-2)20-24-10-5-3-6-11-24/h3-19,30H,20-22H2,1-2H3,(H,35,39). The van der Waals surface area contributed by atoms with Crippen molar-refractivity contribution in [3.63, 3.8) is 0 Å². The van der Waals surface area contributed by atoms with E-state index in [1.807, 2.05) is 30.3 Å². The molecule has 4 aromatic rings. The first-order chi connectivity index (χ1) is 20.1. The maximum Gasteiger partial charge on any atom is 0.264 e. The summed E-state index contributed by atoms with van der Waals surface area (Å²) in [5.41, 5.74) is 2.09. The van der Waals surface area contributed by atoms with Crippen LogP contribution in [0.25, 0.3) is 0 Å². The van der Waals surface area contributed by atoms with Crippen LogP contribution in [0, 0.1) is 12.7 Å². The average molecular weight is 608 g/mol. The summed E-state index contributed by atoms with van der Waals surface area (Å²) < 4.78 is 42.7. The minimum Gasteiger partial charge on any atom is -0.357 e. The van der Waals surface area contributed by atoms with Gasteiger partial charge in [0, 0.05) is 25.0 Å². The van der Waals surface area contributed by atoms with Gasteiger partial charge in [-0.1, -0.05) is 78.3 Å². The fourth-order valence-corrected chi connectivity index (χ4v) is 6.27. The van der Waals surface area contributed by atoms with Crippen LogP contribution in [0.15, 0.2) is 108 Å². The van der Waals surface area contributed by atoms with Crippen molar-refractivity contribution in [3.8, 4) is 0 Å². The lowest BCUT2D eigenvalue weighted by Gasteiger charge is -2.34. The highest BCUT2D eigenvalue weighted by Gasteiger charge is 2.35. The minimum atomic E-state index is -4.23. The molecule has 4 rings (SSSR count). The van der Waals surface area contributed by atoms with Crippen LogP contribution in [0.3, 0.4) is 0 Å². The molecule has 7 nitrogen and oxygen atoms in total. The molecule has 0 aliphatic heterocycles. The Morgan fingerprint density at radius 2 is 1.48 bits per heavy atom. The molecule has 0 fully saturated rings. The summed E-state index contributed by atoms with van der Waals surface area (Å²) in [6.45, 7) is 1.01. The van der Waals surface area contributed by atoms with E-state index >= 15 is 0 Å². The quantitative estimate of drug-likeness (QED) is 0.248. The Balaban J connectivity index is 1.81. The zero-order chi connectivity index (χ0) is 30.3. The highest BCUT2D eigenvalue weighted by molar-refractivity contribution is 7.92. The topological polar surface area (TPSA) is 86.8 Å². The van der Waals surface area contributed by atoms with Gasteiger partial charge in [-0.25, -0.2) is 12.8 Å². The summed E-state index contributed by atoms with van der Waals surface area (Å²) in [5.74, 6) is -1.49. The van der Waals surface area contributed by atoms with Crippen LogP contribution in [0.5, 0.6) is 0 Å². The Kier molecular flexibility index (Phi) is 9.98. The second-order valence-electron chi connectivity index (χ2n) is 9.68. The molecule has 1 N–H and O–H groups in total. The van der Waals surface area contributed by atoms with Gasteiger partial charge in [-0.3, -0.25) is 13.9 Å². The van der Waals surface area contributed by atoms with Crippen molar-refractivity contribution in [1.82, 2.24) is 10.2 Å². The Labute approximate surface area is 250 Å². The number of rotatable bonds is 11. The number of sulfonamides is 1. The molecule has 0 aliphatic rings. The molecule has 0 heterocycles. The van der Waals surface area contributed by atoms with E-state index in [1.165, 1.54) is 48.3 Å². The van der Waals surface area contributed by atoms with Crippen LogP contribution in [0.4, 0.5) is 10.1 Å². The molecule has 218 valence electrons. The van der Waals surface area contributed by atoms with Crippen molar-refractivity contribution in [1.29, 1.82) is 0 Å². The first-order valence-corrected chi connectivity index (χ1v) is 15.1. The van der Waals surface area contributed by atoms with Crippen molar-refractivity contribution in [2.45, 2.75) is 30.8 Å². The lowest BCUT2D eigenvalue weighted by molar-refractivity contribution is -0.139. The normalized spacial score (nSPS) is 11.9. The lowest BCUT2D eigenvalue weighted by Crippen LogP contribution is -2.53. The van der Waals surface area contributed by atoms with Crippen molar-refractivity contribution in [2.24, 2.45) is 0 Å². The summed E-state index contributed by atoms with van der Waals surface area (Å²) in [6, 6.07) is 26.4. The lowest BCUT2D eigenvalue weighted by atomic mass is 10.0. The molecule has 42 heavy (non-hydrogen) atoms.